The predicted octanol–water partition coefficient (Wildman–Crippen LogP) is 3.35. The van der Waals surface area contributed by atoms with Gasteiger partial charge in [0.1, 0.15) is 5.54 Å². The second-order valence-electron chi connectivity index (χ2n) is 8.31. The first-order valence-corrected chi connectivity index (χ1v) is 10.1. The zero-order valence-electron chi connectivity index (χ0n) is 16.4. The number of carbonyl (C=O) groups is 1. The van der Waals surface area contributed by atoms with Crippen LogP contribution in [-0.2, 0) is 17.6 Å². The number of para-hydroxylation sites is 1. The Morgan fingerprint density at radius 1 is 0.893 bits per heavy atom. The molecule has 28 heavy (non-hydrogen) atoms. The Morgan fingerprint density at radius 3 is 2.07 bits per heavy atom. The predicted molar refractivity (Wildman–Crippen MR) is 115 cm³/mol. The number of piperidine rings is 1. The topological polar surface area (TPSA) is 26.8 Å². The summed E-state index contributed by atoms with van der Waals surface area (Å²) < 4.78 is 0. The van der Waals surface area contributed by atoms with Crippen LogP contribution in [0.15, 0.2) is 54.6 Å². The lowest BCUT2D eigenvalue weighted by molar-refractivity contribution is -0.132. The van der Waals surface area contributed by atoms with E-state index in [9.17, 15) is 4.79 Å². The van der Waals surface area contributed by atoms with Gasteiger partial charge in [-0.3, -0.25) is 9.69 Å². The van der Waals surface area contributed by atoms with Gasteiger partial charge in [0, 0.05) is 31.9 Å². The second kappa shape index (κ2) is 7.41. The number of rotatable bonds is 2. The number of amides is 1. The van der Waals surface area contributed by atoms with Gasteiger partial charge in [-0.1, -0.05) is 42.5 Å². The molecule has 4 nitrogen and oxygen atoms in total. The summed E-state index contributed by atoms with van der Waals surface area (Å²) in [4.78, 5) is 20.0. The molecule has 0 bridgehead atoms. The molecule has 0 atom stereocenters. The normalized spacial score (nSPS) is 21.8. The van der Waals surface area contributed by atoms with Gasteiger partial charge in [-0.25, -0.2) is 0 Å². The lowest BCUT2D eigenvalue weighted by Crippen LogP contribution is -2.58. The van der Waals surface area contributed by atoms with Crippen molar-refractivity contribution in [1.82, 2.24) is 9.80 Å². The minimum Gasteiger partial charge on any atom is -0.339 e. The maximum absolute atomic E-state index is 13.1. The number of benzene rings is 2. The maximum atomic E-state index is 13.1. The van der Waals surface area contributed by atoms with Gasteiger partial charge in [-0.05, 0) is 48.9 Å². The van der Waals surface area contributed by atoms with Gasteiger partial charge in [0.2, 0.25) is 5.91 Å². The SMILES string of the molecule is CN1CN(c2ccccc2)C2(CCN(C3Cc4ccccc4C3)CC2)C1=O.Cl. The molecule has 0 radical (unpaired) electrons. The minimum absolute atomic E-state index is 0. The van der Waals surface area contributed by atoms with Crippen LogP contribution in [-0.4, -0.2) is 54.1 Å². The van der Waals surface area contributed by atoms with Crippen LogP contribution >= 0.6 is 12.4 Å². The van der Waals surface area contributed by atoms with Crippen molar-refractivity contribution in [2.75, 3.05) is 31.7 Å². The number of likely N-dealkylation sites (N-methyl/N-ethyl adjacent to an activating group) is 1. The number of carbonyl (C=O) groups excluding carboxylic acids is 1. The molecule has 1 amide bonds. The van der Waals surface area contributed by atoms with Gasteiger partial charge in [-0.2, -0.15) is 0 Å². The average molecular weight is 398 g/mol. The molecule has 2 saturated heterocycles. The zero-order chi connectivity index (χ0) is 18.4. The van der Waals surface area contributed by atoms with Crippen LogP contribution in [0.5, 0.6) is 0 Å². The lowest BCUT2D eigenvalue weighted by Gasteiger charge is -2.45. The molecule has 0 aromatic heterocycles. The summed E-state index contributed by atoms with van der Waals surface area (Å²) in [6.07, 6.45) is 4.13. The van der Waals surface area contributed by atoms with Crippen molar-refractivity contribution in [3.63, 3.8) is 0 Å². The van der Waals surface area contributed by atoms with Crippen LogP contribution in [0.3, 0.4) is 0 Å². The molecule has 2 aromatic rings. The van der Waals surface area contributed by atoms with Crippen LogP contribution < -0.4 is 4.90 Å². The molecule has 0 unspecified atom stereocenters. The summed E-state index contributed by atoms with van der Waals surface area (Å²) >= 11 is 0. The standard InChI is InChI=1S/C23H27N3O.ClH/c1-24-17-26(20-9-3-2-4-10-20)23(22(24)27)11-13-25(14-12-23)21-15-18-7-5-6-8-19(18)16-21;/h2-10,21H,11-17H2,1H3;1H. The van der Waals surface area contributed by atoms with E-state index < -0.39 is 0 Å². The smallest absolute Gasteiger partial charge is 0.249 e. The Kier molecular flexibility index (Phi) is 5.11. The van der Waals surface area contributed by atoms with Crippen LogP contribution in [0.25, 0.3) is 0 Å². The summed E-state index contributed by atoms with van der Waals surface area (Å²) in [5.74, 6) is 0.292. The van der Waals surface area contributed by atoms with Gasteiger partial charge in [0.15, 0.2) is 0 Å². The van der Waals surface area contributed by atoms with E-state index in [-0.39, 0.29) is 17.9 Å². The van der Waals surface area contributed by atoms with E-state index in [2.05, 4.69) is 58.3 Å². The monoisotopic (exact) mass is 397 g/mol. The molecule has 2 fully saturated rings. The Hall–Kier alpha value is -2.04. The Labute approximate surface area is 173 Å². The van der Waals surface area contributed by atoms with Crippen molar-refractivity contribution in [1.29, 1.82) is 0 Å². The van der Waals surface area contributed by atoms with Crippen LogP contribution in [0.1, 0.15) is 24.0 Å². The third-order valence-corrected chi connectivity index (χ3v) is 6.85. The molecule has 2 heterocycles. The molecule has 0 saturated carbocycles. The van der Waals surface area contributed by atoms with E-state index in [0.29, 0.717) is 18.6 Å². The third kappa shape index (κ3) is 2.99. The first kappa shape index (κ1) is 19.3. The fourth-order valence-electron chi connectivity index (χ4n) is 5.36. The molecular formula is C23H28ClN3O. The van der Waals surface area contributed by atoms with Gasteiger partial charge in [-0.15, -0.1) is 12.4 Å². The second-order valence-corrected chi connectivity index (χ2v) is 8.31. The Bertz CT molecular complexity index is 823. The summed E-state index contributed by atoms with van der Waals surface area (Å²) in [5, 5.41) is 0. The fourth-order valence-corrected chi connectivity index (χ4v) is 5.36. The Morgan fingerprint density at radius 2 is 1.46 bits per heavy atom. The van der Waals surface area contributed by atoms with Crippen LogP contribution in [0.4, 0.5) is 5.69 Å². The highest BCUT2D eigenvalue weighted by Gasteiger charge is 2.53. The highest BCUT2D eigenvalue weighted by Crippen LogP contribution is 2.40. The summed E-state index contributed by atoms with van der Waals surface area (Å²) in [6.45, 7) is 2.70. The van der Waals surface area contributed by atoms with E-state index in [1.54, 1.807) is 0 Å². The maximum Gasteiger partial charge on any atom is 0.249 e. The lowest BCUT2D eigenvalue weighted by atomic mass is 9.84. The number of hydrogen-bond donors (Lipinski definition) is 0. The number of halogens is 1. The van der Waals surface area contributed by atoms with Gasteiger partial charge < -0.3 is 9.80 Å². The van der Waals surface area contributed by atoms with Crippen molar-refractivity contribution in [2.24, 2.45) is 0 Å². The van der Waals surface area contributed by atoms with Crippen molar-refractivity contribution in [3.05, 3.63) is 65.7 Å². The molecule has 2 aromatic carbocycles. The average Bonchev–Trinajstić information content (AvgIpc) is 3.25. The zero-order valence-corrected chi connectivity index (χ0v) is 17.2. The number of fused-ring (bicyclic) bond motifs is 1. The molecule has 5 heteroatoms. The summed E-state index contributed by atoms with van der Waals surface area (Å²) in [6, 6.07) is 19.9. The molecule has 1 aliphatic carbocycles. The highest BCUT2D eigenvalue weighted by atomic mass is 35.5. The Balaban J connectivity index is 0.00000192. The van der Waals surface area contributed by atoms with E-state index in [1.807, 2.05) is 18.0 Å². The van der Waals surface area contributed by atoms with Gasteiger partial charge in [0.05, 0.1) is 6.67 Å². The molecule has 148 valence electrons. The quantitative estimate of drug-likeness (QED) is 0.777. The van der Waals surface area contributed by atoms with Gasteiger partial charge >= 0.3 is 0 Å². The first-order valence-electron chi connectivity index (χ1n) is 10.1. The number of likely N-dealkylation sites (tertiary alicyclic amines) is 1. The molecule has 2 aliphatic heterocycles. The number of anilines is 1. The molecule has 1 spiro atoms. The van der Waals surface area contributed by atoms with Crippen LogP contribution in [0.2, 0.25) is 0 Å². The minimum atomic E-state index is -0.363. The van der Waals surface area contributed by atoms with E-state index in [0.717, 1.165) is 44.5 Å². The fraction of sp³-hybridized carbons (Fsp3) is 0.435. The van der Waals surface area contributed by atoms with Crippen LogP contribution in [0, 0.1) is 0 Å². The van der Waals surface area contributed by atoms with Crippen molar-refractivity contribution in [2.45, 2.75) is 37.3 Å². The van der Waals surface area contributed by atoms with Crippen molar-refractivity contribution < 1.29 is 4.79 Å². The van der Waals surface area contributed by atoms with Crippen molar-refractivity contribution >= 4 is 24.0 Å². The summed E-state index contributed by atoms with van der Waals surface area (Å²) in [7, 11) is 1.94. The van der Waals surface area contributed by atoms with E-state index in [1.165, 1.54) is 11.1 Å². The number of nitrogens with zero attached hydrogens (tertiary/aromatic N) is 3. The third-order valence-electron chi connectivity index (χ3n) is 6.85. The molecule has 5 rings (SSSR count). The molecular weight excluding hydrogens is 370 g/mol. The van der Waals surface area contributed by atoms with E-state index in [4.69, 9.17) is 0 Å². The van der Waals surface area contributed by atoms with E-state index >= 15 is 0 Å². The molecule has 3 aliphatic rings. The number of hydrogen-bond acceptors (Lipinski definition) is 3. The van der Waals surface area contributed by atoms with Gasteiger partial charge in [0.25, 0.3) is 0 Å². The highest BCUT2D eigenvalue weighted by molar-refractivity contribution is 5.93. The van der Waals surface area contributed by atoms with Crippen molar-refractivity contribution in [3.8, 4) is 0 Å². The first-order chi connectivity index (χ1) is 13.2. The molecule has 0 N–H and O–H groups in total. The summed E-state index contributed by atoms with van der Waals surface area (Å²) in [5.41, 5.74) is 3.81. The largest absolute Gasteiger partial charge is 0.339 e.